The summed E-state index contributed by atoms with van der Waals surface area (Å²) in [5, 5.41) is 3.13. The number of carbonyl (C=O) groups excluding carboxylic acids is 1. The van der Waals surface area contributed by atoms with E-state index in [1.54, 1.807) is 30.0 Å². The molecule has 1 amide bonds. The van der Waals surface area contributed by atoms with Gasteiger partial charge in [-0.05, 0) is 18.2 Å². The summed E-state index contributed by atoms with van der Waals surface area (Å²) in [6.45, 7) is 4.96. The maximum absolute atomic E-state index is 13.2. The fourth-order valence-corrected chi connectivity index (χ4v) is 3.74. The summed E-state index contributed by atoms with van der Waals surface area (Å²) in [5.41, 5.74) is 7.44. The Kier molecular flexibility index (Phi) is 6.40. The van der Waals surface area contributed by atoms with Crippen molar-refractivity contribution in [1.82, 2.24) is 19.6 Å². The van der Waals surface area contributed by atoms with Crippen molar-refractivity contribution in [2.24, 2.45) is 0 Å². The number of nitrogen functional groups attached to an aromatic ring is 1. The molecular weight excluding hydrogens is 400 g/mol. The third kappa shape index (κ3) is 4.36. The minimum atomic E-state index is -0.353. The van der Waals surface area contributed by atoms with Crippen LogP contribution in [-0.2, 0) is 16.0 Å². The molecule has 1 aliphatic heterocycles. The highest BCUT2D eigenvalue weighted by atomic mass is 16.5. The fourth-order valence-electron chi connectivity index (χ4n) is 3.74. The molecule has 10 heteroatoms. The predicted octanol–water partition coefficient (Wildman–Crippen LogP) is -0.574. The average molecular weight is 427 g/mol. The van der Waals surface area contributed by atoms with Gasteiger partial charge in [0.2, 0.25) is 11.5 Å². The molecule has 0 spiro atoms. The molecule has 1 saturated heterocycles. The van der Waals surface area contributed by atoms with Crippen molar-refractivity contribution in [1.29, 1.82) is 0 Å². The summed E-state index contributed by atoms with van der Waals surface area (Å²) in [6, 6.07) is 6.90. The molecule has 0 saturated carbocycles. The Morgan fingerprint density at radius 2 is 2.16 bits per heavy atom. The number of morpholine rings is 1. The number of fused-ring (bicyclic) bond motifs is 2. The first kappa shape index (κ1) is 21.2. The second-order valence-corrected chi connectivity index (χ2v) is 7.38. The smallest absolute Gasteiger partial charge is 0.278 e. The van der Waals surface area contributed by atoms with Gasteiger partial charge in [-0.25, -0.2) is 4.57 Å². The summed E-state index contributed by atoms with van der Waals surface area (Å²) < 4.78 is 13.6. The molecule has 0 radical (unpaired) electrons. The molecular formula is C21H27N6O4+. The SMILES string of the molecule is COCCNC(=O)c1cc2c(=O)n3ccccc3nc2[n+](CCN2CCOCC2)c1N. The molecule has 4 heterocycles. The molecule has 0 bridgehead atoms. The third-order valence-electron chi connectivity index (χ3n) is 5.44. The van der Waals surface area contributed by atoms with E-state index in [9.17, 15) is 9.59 Å². The molecule has 1 fully saturated rings. The second-order valence-electron chi connectivity index (χ2n) is 7.38. The van der Waals surface area contributed by atoms with E-state index in [0.29, 0.717) is 56.1 Å². The van der Waals surface area contributed by atoms with Crippen LogP contribution >= 0.6 is 0 Å². The largest absolute Gasteiger partial charge is 0.383 e. The van der Waals surface area contributed by atoms with Crippen LogP contribution in [0.3, 0.4) is 0 Å². The van der Waals surface area contributed by atoms with E-state index in [2.05, 4.69) is 15.2 Å². The first-order valence-electron chi connectivity index (χ1n) is 10.3. The number of nitrogens with two attached hydrogens (primary N) is 1. The Hall–Kier alpha value is -3.08. The van der Waals surface area contributed by atoms with E-state index in [-0.39, 0.29) is 22.8 Å². The number of aromatic nitrogens is 3. The molecule has 0 aliphatic carbocycles. The highest BCUT2D eigenvalue weighted by molar-refractivity contribution is 6.00. The third-order valence-corrected chi connectivity index (χ3v) is 5.44. The lowest BCUT2D eigenvalue weighted by molar-refractivity contribution is -0.658. The second kappa shape index (κ2) is 9.38. The molecule has 0 atom stereocenters. The number of ether oxygens (including phenoxy) is 2. The van der Waals surface area contributed by atoms with Crippen molar-refractivity contribution in [2.75, 3.05) is 58.8 Å². The van der Waals surface area contributed by atoms with Crippen LogP contribution in [0.25, 0.3) is 16.7 Å². The monoisotopic (exact) mass is 427 g/mol. The topological polar surface area (TPSA) is 115 Å². The normalized spacial score (nSPS) is 14.9. The molecule has 3 N–H and O–H groups in total. The predicted molar refractivity (Wildman–Crippen MR) is 115 cm³/mol. The fraction of sp³-hybridized carbons (Fsp3) is 0.429. The van der Waals surface area contributed by atoms with Crippen molar-refractivity contribution in [3.8, 4) is 0 Å². The van der Waals surface area contributed by atoms with Gasteiger partial charge in [0, 0.05) is 39.5 Å². The van der Waals surface area contributed by atoms with Gasteiger partial charge in [-0.2, -0.15) is 0 Å². The van der Waals surface area contributed by atoms with Gasteiger partial charge in [0.05, 0.1) is 26.4 Å². The Balaban J connectivity index is 1.81. The first-order chi connectivity index (χ1) is 15.1. The molecule has 3 aromatic rings. The lowest BCUT2D eigenvalue weighted by Gasteiger charge is -2.26. The lowest BCUT2D eigenvalue weighted by Crippen LogP contribution is -2.48. The molecule has 1 aliphatic rings. The van der Waals surface area contributed by atoms with Crippen LogP contribution in [0.5, 0.6) is 0 Å². The Morgan fingerprint density at radius 3 is 2.94 bits per heavy atom. The average Bonchev–Trinajstić information content (AvgIpc) is 2.79. The highest BCUT2D eigenvalue weighted by Gasteiger charge is 2.25. The van der Waals surface area contributed by atoms with Crippen LogP contribution in [0.15, 0.2) is 35.3 Å². The molecule has 10 nitrogen and oxygen atoms in total. The van der Waals surface area contributed by atoms with E-state index < -0.39 is 0 Å². The van der Waals surface area contributed by atoms with Gasteiger partial charge in [0.25, 0.3) is 17.1 Å². The van der Waals surface area contributed by atoms with Gasteiger partial charge < -0.3 is 20.5 Å². The van der Waals surface area contributed by atoms with E-state index in [4.69, 9.17) is 15.2 Å². The lowest BCUT2D eigenvalue weighted by atomic mass is 10.1. The zero-order chi connectivity index (χ0) is 21.8. The Bertz CT molecular complexity index is 1160. The zero-order valence-electron chi connectivity index (χ0n) is 17.5. The minimum absolute atomic E-state index is 0.244. The van der Waals surface area contributed by atoms with E-state index >= 15 is 0 Å². The number of amides is 1. The van der Waals surface area contributed by atoms with Gasteiger partial charge in [-0.3, -0.25) is 18.9 Å². The molecule has 0 unspecified atom stereocenters. The number of pyridine rings is 2. The van der Waals surface area contributed by atoms with Gasteiger partial charge in [0.1, 0.15) is 10.9 Å². The number of hydrogen-bond donors (Lipinski definition) is 2. The number of nitrogens with one attached hydrogen (secondary N) is 1. The summed E-state index contributed by atoms with van der Waals surface area (Å²) in [7, 11) is 1.56. The van der Waals surface area contributed by atoms with Gasteiger partial charge in [-0.15, -0.1) is 0 Å². The summed E-state index contributed by atoms with van der Waals surface area (Å²) in [5.74, 6) is -0.0722. The zero-order valence-corrected chi connectivity index (χ0v) is 17.5. The minimum Gasteiger partial charge on any atom is -0.383 e. The number of carbonyl (C=O) groups is 1. The van der Waals surface area contributed by atoms with Crippen LogP contribution in [0, 0.1) is 0 Å². The quantitative estimate of drug-likeness (QED) is 0.295. The van der Waals surface area contributed by atoms with Crippen LogP contribution in [0.1, 0.15) is 10.4 Å². The van der Waals surface area contributed by atoms with E-state index in [0.717, 1.165) is 13.1 Å². The van der Waals surface area contributed by atoms with Crippen LogP contribution in [0.4, 0.5) is 5.82 Å². The summed E-state index contributed by atoms with van der Waals surface area (Å²) in [6.07, 6.45) is 1.66. The number of methoxy groups -OCH3 is 1. The standard InChI is InChI=1S/C21H26N6O4/c1-30-11-5-23-20(28)15-14-16-19(24-17-4-2-3-6-26(17)21(16)29)27(18(15)22)8-7-25-9-12-31-13-10-25/h2-4,6,14,22H,5,7-13H2,1H3,(H,23,28)/p+1. The van der Waals surface area contributed by atoms with E-state index in [1.807, 2.05) is 6.07 Å². The van der Waals surface area contributed by atoms with Crippen LogP contribution < -0.4 is 21.2 Å². The Morgan fingerprint density at radius 1 is 1.35 bits per heavy atom. The van der Waals surface area contributed by atoms with Crippen LogP contribution in [-0.4, -0.2) is 73.3 Å². The summed E-state index contributed by atoms with van der Waals surface area (Å²) >= 11 is 0. The number of hydrogen-bond acceptors (Lipinski definition) is 7. The maximum Gasteiger partial charge on any atom is 0.278 e. The van der Waals surface area contributed by atoms with Crippen molar-refractivity contribution in [3.05, 3.63) is 46.4 Å². The van der Waals surface area contributed by atoms with Gasteiger partial charge in [0.15, 0.2) is 0 Å². The first-order valence-corrected chi connectivity index (χ1v) is 10.3. The van der Waals surface area contributed by atoms with Crippen molar-refractivity contribution in [3.63, 3.8) is 0 Å². The van der Waals surface area contributed by atoms with Crippen molar-refractivity contribution < 1.29 is 18.8 Å². The molecule has 4 rings (SSSR count). The Labute approximate surface area is 179 Å². The van der Waals surface area contributed by atoms with Gasteiger partial charge in [-0.1, -0.05) is 11.1 Å². The highest BCUT2D eigenvalue weighted by Crippen LogP contribution is 2.15. The summed E-state index contributed by atoms with van der Waals surface area (Å²) in [4.78, 5) is 32.9. The molecule has 31 heavy (non-hydrogen) atoms. The maximum atomic E-state index is 13.2. The number of nitrogens with zero attached hydrogens (tertiary/aromatic N) is 4. The van der Waals surface area contributed by atoms with Crippen LogP contribution in [0.2, 0.25) is 0 Å². The number of rotatable bonds is 7. The van der Waals surface area contributed by atoms with Crippen molar-refractivity contribution in [2.45, 2.75) is 6.54 Å². The number of anilines is 1. The van der Waals surface area contributed by atoms with Gasteiger partial charge >= 0.3 is 0 Å². The van der Waals surface area contributed by atoms with E-state index in [1.165, 1.54) is 10.5 Å². The molecule has 3 aromatic heterocycles. The molecule has 164 valence electrons. The molecule has 0 aromatic carbocycles. The van der Waals surface area contributed by atoms with Crippen molar-refractivity contribution >= 4 is 28.4 Å².